The Morgan fingerprint density at radius 3 is 2.77 bits per heavy atom. The molecule has 2 aromatic rings. The van der Waals surface area contributed by atoms with Crippen LogP contribution >= 0.6 is 43.2 Å². The Labute approximate surface area is 97.0 Å². The zero-order valence-electron chi connectivity index (χ0n) is 6.80. The summed E-state index contributed by atoms with van der Waals surface area (Å²) in [5.74, 6) is 0.888. The lowest BCUT2D eigenvalue weighted by Crippen LogP contribution is -1.80. The third-order valence-electron chi connectivity index (χ3n) is 1.80. The van der Waals surface area contributed by atoms with Gasteiger partial charge in [0.25, 0.3) is 0 Å². The first-order chi connectivity index (χ1) is 6.22. The van der Waals surface area contributed by atoms with E-state index in [0.29, 0.717) is 0 Å². The zero-order valence-corrected chi connectivity index (χ0v) is 10.8. The van der Waals surface area contributed by atoms with E-state index >= 15 is 0 Å². The van der Waals surface area contributed by atoms with Crippen LogP contribution in [0, 0.1) is 0 Å². The molecule has 1 aromatic heterocycles. The molecule has 13 heavy (non-hydrogen) atoms. The first-order valence-electron chi connectivity index (χ1n) is 3.64. The molecule has 0 aliphatic rings. The number of benzene rings is 1. The number of thiophene rings is 1. The zero-order chi connectivity index (χ0) is 9.42. The Bertz CT molecular complexity index is 450. The van der Waals surface area contributed by atoms with Crippen LogP contribution in [0.1, 0.15) is 0 Å². The number of methoxy groups -OCH3 is 1. The third-order valence-corrected chi connectivity index (χ3v) is 5.25. The summed E-state index contributed by atoms with van der Waals surface area (Å²) in [7, 11) is 1.68. The fourth-order valence-electron chi connectivity index (χ4n) is 1.14. The minimum Gasteiger partial charge on any atom is -0.497 e. The average molecular weight is 322 g/mol. The quantitative estimate of drug-likeness (QED) is 0.754. The van der Waals surface area contributed by atoms with Gasteiger partial charge in [0.05, 0.1) is 15.4 Å². The Kier molecular flexibility index (Phi) is 2.62. The van der Waals surface area contributed by atoms with Crippen molar-refractivity contribution in [2.24, 2.45) is 0 Å². The monoisotopic (exact) mass is 320 g/mol. The number of ether oxygens (including phenoxy) is 1. The van der Waals surface area contributed by atoms with Gasteiger partial charge in [-0.15, -0.1) is 11.3 Å². The minimum absolute atomic E-state index is 0.888. The predicted molar refractivity (Wildman–Crippen MR) is 63.8 cm³/mol. The minimum atomic E-state index is 0.888. The van der Waals surface area contributed by atoms with Crippen LogP contribution in [0.3, 0.4) is 0 Å². The summed E-state index contributed by atoms with van der Waals surface area (Å²) in [6.45, 7) is 0. The summed E-state index contributed by atoms with van der Waals surface area (Å²) in [6, 6.07) is 6.06. The molecule has 1 heterocycles. The normalized spacial score (nSPS) is 10.7. The van der Waals surface area contributed by atoms with Crippen molar-refractivity contribution >= 4 is 53.3 Å². The van der Waals surface area contributed by atoms with E-state index in [9.17, 15) is 0 Å². The average Bonchev–Trinajstić information content (AvgIpc) is 2.43. The van der Waals surface area contributed by atoms with Gasteiger partial charge in [0.15, 0.2) is 0 Å². The van der Waals surface area contributed by atoms with E-state index in [4.69, 9.17) is 4.74 Å². The molecule has 0 N–H and O–H groups in total. The largest absolute Gasteiger partial charge is 0.497 e. The molecule has 0 aliphatic heterocycles. The maximum absolute atomic E-state index is 5.16. The fraction of sp³-hybridized carbons (Fsp3) is 0.111. The molecule has 0 spiro atoms. The molecule has 1 nitrogen and oxygen atoms in total. The second-order valence-electron chi connectivity index (χ2n) is 2.55. The smallest absolute Gasteiger partial charge is 0.119 e. The molecule has 1 aromatic carbocycles. The fourth-order valence-corrected chi connectivity index (χ4v) is 3.38. The molecule has 0 amide bonds. The van der Waals surface area contributed by atoms with Crippen molar-refractivity contribution in [1.29, 1.82) is 0 Å². The number of rotatable bonds is 1. The van der Waals surface area contributed by atoms with Crippen molar-refractivity contribution < 1.29 is 4.74 Å². The van der Waals surface area contributed by atoms with Gasteiger partial charge in [0.1, 0.15) is 5.75 Å². The topological polar surface area (TPSA) is 9.23 Å². The molecule has 0 atom stereocenters. The summed E-state index contributed by atoms with van der Waals surface area (Å²) in [5.41, 5.74) is 0. The van der Waals surface area contributed by atoms with Crippen molar-refractivity contribution in [3.63, 3.8) is 0 Å². The Balaban J connectivity index is 2.75. The van der Waals surface area contributed by atoms with E-state index in [1.807, 2.05) is 12.1 Å². The van der Waals surface area contributed by atoms with Gasteiger partial charge in [-0.1, -0.05) is 0 Å². The van der Waals surface area contributed by atoms with E-state index in [1.54, 1.807) is 18.4 Å². The molecule has 4 heteroatoms. The van der Waals surface area contributed by atoms with Crippen LogP contribution in [0.2, 0.25) is 0 Å². The van der Waals surface area contributed by atoms with Gasteiger partial charge in [-0.05, 0) is 50.1 Å². The molecule has 0 bridgehead atoms. The molecule has 0 aliphatic carbocycles. The van der Waals surface area contributed by atoms with Crippen LogP contribution in [0.15, 0.2) is 26.5 Å². The SMILES string of the molecule is COc1ccc2sc(Br)c(Br)c2c1. The van der Waals surface area contributed by atoms with E-state index < -0.39 is 0 Å². The number of hydrogen-bond donors (Lipinski definition) is 0. The second-order valence-corrected chi connectivity index (χ2v) is 5.71. The number of halogens is 2. The van der Waals surface area contributed by atoms with E-state index in [2.05, 4.69) is 37.9 Å². The first kappa shape index (κ1) is 9.49. The van der Waals surface area contributed by atoms with Gasteiger partial charge >= 0.3 is 0 Å². The predicted octanol–water partition coefficient (Wildman–Crippen LogP) is 4.43. The van der Waals surface area contributed by atoms with Crippen molar-refractivity contribution in [3.8, 4) is 5.75 Å². The summed E-state index contributed by atoms with van der Waals surface area (Å²) < 4.78 is 8.63. The summed E-state index contributed by atoms with van der Waals surface area (Å²) in [4.78, 5) is 0. The lowest BCUT2D eigenvalue weighted by molar-refractivity contribution is 0.415. The lowest BCUT2D eigenvalue weighted by atomic mass is 10.2. The van der Waals surface area contributed by atoms with Crippen LogP contribution in [0.5, 0.6) is 5.75 Å². The van der Waals surface area contributed by atoms with Crippen LogP contribution in [0.25, 0.3) is 10.1 Å². The van der Waals surface area contributed by atoms with Gasteiger partial charge in [-0.3, -0.25) is 0 Å². The van der Waals surface area contributed by atoms with Gasteiger partial charge in [-0.2, -0.15) is 0 Å². The Morgan fingerprint density at radius 2 is 2.08 bits per heavy atom. The van der Waals surface area contributed by atoms with E-state index in [0.717, 1.165) is 14.0 Å². The Morgan fingerprint density at radius 1 is 1.31 bits per heavy atom. The first-order valence-corrected chi connectivity index (χ1v) is 6.04. The maximum Gasteiger partial charge on any atom is 0.119 e. The Hall–Kier alpha value is -0.0600. The summed E-state index contributed by atoms with van der Waals surface area (Å²) in [5, 5.41) is 1.19. The van der Waals surface area contributed by atoms with Crippen LogP contribution < -0.4 is 4.74 Å². The van der Waals surface area contributed by atoms with Crippen molar-refractivity contribution in [1.82, 2.24) is 0 Å². The van der Waals surface area contributed by atoms with E-state index in [1.165, 1.54) is 10.1 Å². The standard InChI is InChI=1S/C9H6Br2OS/c1-12-5-2-3-7-6(4-5)8(10)9(11)13-7/h2-4H,1H3. The number of hydrogen-bond acceptors (Lipinski definition) is 2. The molecule has 2 rings (SSSR count). The highest BCUT2D eigenvalue weighted by atomic mass is 79.9. The van der Waals surface area contributed by atoms with Crippen LogP contribution in [0.4, 0.5) is 0 Å². The van der Waals surface area contributed by atoms with Crippen molar-refractivity contribution in [3.05, 3.63) is 26.5 Å². The molecule has 0 radical (unpaired) electrons. The van der Waals surface area contributed by atoms with Gasteiger partial charge < -0.3 is 4.74 Å². The van der Waals surface area contributed by atoms with Gasteiger partial charge in [0, 0.05) is 10.1 Å². The summed E-state index contributed by atoms with van der Waals surface area (Å²) >= 11 is 8.72. The second kappa shape index (κ2) is 3.59. The molecule has 0 saturated heterocycles. The van der Waals surface area contributed by atoms with Crippen molar-refractivity contribution in [2.75, 3.05) is 7.11 Å². The molecular weight excluding hydrogens is 316 g/mol. The highest BCUT2D eigenvalue weighted by Gasteiger charge is 2.07. The van der Waals surface area contributed by atoms with Crippen LogP contribution in [-0.4, -0.2) is 7.11 Å². The van der Waals surface area contributed by atoms with Gasteiger partial charge in [0.2, 0.25) is 0 Å². The molecule has 0 saturated carbocycles. The van der Waals surface area contributed by atoms with E-state index in [-0.39, 0.29) is 0 Å². The van der Waals surface area contributed by atoms with Gasteiger partial charge in [-0.25, -0.2) is 0 Å². The molecule has 0 unspecified atom stereocenters. The maximum atomic E-state index is 5.16. The third kappa shape index (κ3) is 1.63. The molecule has 0 fully saturated rings. The highest BCUT2D eigenvalue weighted by Crippen LogP contribution is 2.40. The van der Waals surface area contributed by atoms with Crippen LogP contribution in [-0.2, 0) is 0 Å². The number of fused-ring (bicyclic) bond motifs is 1. The molecule has 68 valence electrons. The molecular formula is C9H6Br2OS. The highest BCUT2D eigenvalue weighted by molar-refractivity contribution is 9.13. The summed E-state index contributed by atoms with van der Waals surface area (Å²) in [6.07, 6.45) is 0. The lowest BCUT2D eigenvalue weighted by Gasteiger charge is -1.98. The van der Waals surface area contributed by atoms with Crippen molar-refractivity contribution in [2.45, 2.75) is 0 Å².